The molecule has 0 saturated carbocycles. The molecule has 0 rings (SSSR count). The first-order valence-electron chi connectivity index (χ1n) is 6.43. The van der Waals surface area contributed by atoms with Crippen molar-refractivity contribution in [2.24, 2.45) is 0 Å². The molecular weight excluding hydrogens is 223 g/mol. The molecule has 0 atom stereocenters. The molecule has 5 nitrogen and oxygen atoms in total. The standard InChI is InChI=1S/C10H30B3N5/c1-14(2)11(12(15(3)4)16(5)6)13(17(7)8)18(9)10/h1-10H3. The van der Waals surface area contributed by atoms with E-state index in [1.807, 2.05) is 0 Å². The molecule has 0 spiro atoms. The van der Waals surface area contributed by atoms with Gasteiger partial charge >= 0.3 is 0 Å². The van der Waals surface area contributed by atoms with Crippen LogP contribution in [0.5, 0.6) is 0 Å². The molecule has 0 N–H and O–H groups in total. The maximum Gasteiger partial charge on any atom is 0.284 e. The van der Waals surface area contributed by atoms with Gasteiger partial charge in [-0.25, -0.2) is 0 Å². The lowest BCUT2D eigenvalue weighted by Crippen LogP contribution is -2.74. The van der Waals surface area contributed by atoms with E-state index in [9.17, 15) is 0 Å². The third-order valence-corrected chi connectivity index (χ3v) is 3.32. The third-order valence-electron chi connectivity index (χ3n) is 3.32. The Kier molecular flexibility index (Phi) is 7.55. The van der Waals surface area contributed by atoms with Crippen LogP contribution >= 0.6 is 0 Å². The first-order chi connectivity index (χ1) is 8.11. The zero-order valence-corrected chi connectivity index (χ0v) is 14.0. The van der Waals surface area contributed by atoms with E-state index < -0.39 is 0 Å². The van der Waals surface area contributed by atoms with E-state index in [0.717, 1.165) is 0 Å². The number of nitrogens with zero attached hydrogens (tertiary/aromatic N) is 5. The van der Waals surface area contributed by atoms with Crippen molar-refractivity contribution in [3.8, 4) is 0 Å². The van der Waals surface area contributed by atoms with Crippen LogP contribution in [0.2, 0.25) is 0 Å². The van der Waals surface area contributed by atoms with Crippen LogP contribution in [0.1, 0.15) is 0 Å². The summed E-state index contributed by atoms with van der Waals surface area (Å²) >= 11 is 0. The summed E-state index contributed by atoms with van der Waals surface area (Å²) in [7, 11) is 21.5. The predicted molar refractivity (Wildman–Crippen MR) is 85.7 cm³/mol. The Bertz CT molecular complexity index is 200. The van der Waals surface area contributed by atoms with Crippen LogP contribution in [0, 0.1) is 0 Å². The molecule has 8 heteroatoms. The summed E-state index contributed by atoms with van der Waals surface area (Å²) < 4.78 is 0. The van der Waals surface area contributed by atoms with Crippen molar-refractivity contribution in [2.75, 3.05) is 70.5 Å². The highest BCUT2D eigenvalue weighted by Gasteiger charge is 2.46. The number of rotatable bonds is 7. The first kappa shape index (κ1) is 18.0. The molecule has 0 fully saturated rings. The Hall–Kier alpha value is -0.00519. The second-order valence-corrected chi connectivity index (χ2v) is 6.14. The minimum absolute atomic E-state index is 0.356. The van der Waals surface area contributed by atoms with Crippen molar-refractivity contribution in [2.45, 2.75) is 0 Å². The highest BCUT2D eigenvalue weighted by atomic mass is 15.2. The lowest BCUT2D eigenvalue weighted by molar-refractivity contribution is 0.511. The van der Waals surface area contributed by atoms with E-state index in [2.05, 4.69) is 94.5 Å². The molecule has 0 aromatic rings. The van der Waals surface area contributed by atoms with Gasteiger partial charge in [0.25, 0.3) is 13.7 Å². The first-order valence-corrected chi connectivity index (χ1v) is 6.43. The molecule has 0 aliphatic heterocycles. The molecule has 0 heterocycles. The molecule has 0 saturated heterocycles. The smallest absolute Gasteiger partial charge is 0.284 e. The van der Waals surface area contributed by atoms with Crippen LogP contribution < -0.4 is 0 Å². The molecular formula is C10H30B3N5. The molecule has 0 radical (unpaired) electrons. The van der Waals surface area contributed by atoms with Gasteiger partial charge < -0.3 is 24.1 Å². The van der Waals surface area contributed by atoms with Crippen LogP contribution in [0.15, 0.2) is 0 Å². The van der Waals surface area contributed by atoms with Gasteiger partial charge in [-0.3, -0.25) is 0 Å². The Morgan fingerprint density at radius 3 is 0.722 bits per heavy atom. The van der Waals surface area contributed by atoms with Gasteiger partial charge in [-0.05, 0) is 70.5 Å². The molecule has 0 aromatic heterocycles. The normalized spacial score (nSPS) is 12.2. The van der Waals surface area contributed by atoms with Crippen molar-refractivity contribution < 1.29 is 0 Å². The summed E-state index contributed by atoms with van der Waals surface area (Å²) in [5.41, 5.74) is 0. The minimum atomic E-state index is 0.356. The van der Waals surface area contributed by atoms with Crippen LogP contribution in [-0.2, 0) is 0 Å². The summed E-state index contributed by atoms with van der Waals surface area (Å²) in [5, 5.41) is 0. The van der Waals surface area contributed by atoms with Gasteiger partial charge in [-0.2, -0.15) is 0 Å². The van der Waals surface area contributed by atoms with Crippen LogP contribution in [-0.4, -0.2) is 115 Å². The SMILES string of the molecule is CN(C)B(B(N(C)C)N(C)C)B(N(C)C)N(C)C. The predicted octanol–water partition coefficient (Wildman–Crippen LogP) is -1.08. The fraction of sp³-hybridized carbons (Fsp3) is 1.00. The molecule has 0 aliphatic carbocycles. The summed E-state index contributed by atoms with van der Waals surface area (Å²) in [4.78, 5) is 11.4. The van der Waals surface area contributed by atoms with Gasteiger partial charge in [-0.1, -0.05) is 0 Å². The zero-order valence-electron chi connectivity index (χ0n) is 14.0. The summed E-state index contributed by atoms with van der Waals surface area (Å²) in [6.45, 7) is 1.10. The topological polar surface area (TPSA) is 16.2 Å². The highest BCUT2D eigenvalue weighted by Crippen LogP contribution is 2.08. The number of hydrogen-bond donors (Lipinski definition) is 0. The second kappa shape index (κ2) is 7.55. The van der Waals surface area contributed by atoms with Crippen molar-refractivity contribution >= 4 is 20.4 Å². The van der Waals surface area contributed by atoms with Crippen LogP contribution in [0.4, 0.5) is 0 Å². The van der Waals surface area contributed by atoms with E-state index >= 15 is 0 Å². The Morgan fingerprint density at radius 2 is 0.611 bits per heavy atom. The van der Waals surface area contributed by atoms with Gasteiger partial charge in [0.1, 0.15) is 0 Å². The molecule has 0 amide bonds. The summed E-state index contributed by atoms with van der Waals surface area (Å²) in [6, 6.07) is 0. The van der Waals surface area contributed by atoms with Gasteiger partial charge in [0, 0.05) is 0 Å². The molecule has 104 valence electrons. The van der Waals surface area contributed by atoms with Gasteiger partial charge in [-0.15, -0.1) is 0 Å². The zero-order chi connectivity index (χ0) is 14.6. The van der Waals surface area contributed by atoms with Gasteiger partial charge in [0.2, 0.25) is 6.63 Å². The van der Waals surface area contributed by atoms with E-state index in [1.165, 1.54) is 0 Å². The van der Waals surface area contributed by atoms with Crippen LogP contribution in [0.3, 0.4) is 0 Å². The number of hydrogen-bond acceptors (Lipinski definition) is 5. The van der Waals surface area contributed by atoms with Crippen molar-refractivity contribution in [1.82, 2.24) is 24.1 Å². The summed E-state index contributed by atoms with van der Waals surface area (Å²) in [6.07, 6.45) is 0. The average molecular weight is 253 g/mol. The largest absolute Gasteiger partial charge is 0.354 e. The molecule has 0 unspecified atom stereocenters. The molecule has 18 heavy (non-hydrogen) atoms. The van der Waals surface area contributed by atoms with Gasteiger partial charge in [0.15, 0.2) is 0 Å². The third kappa shape index (κ3) is 4.59. The fourth-order valence-corrected chi connectivity index (χ4v) is 2.83. The molecule has 0 aliphatic rings. The van der Waals surface area contributed by atoms with Gasteiger partial charge in [0.05, 0.1) is 0 Å². The minimum Gasteiger partial charge on any atom is -0.354 e. The summed E-state index contributed by atoms with van der Waals surface area (Å²) in [5.74, 6) is 0. The molecule has 0 aromatic carbocycles. The second-order valence-electron chi connectivity index (χ2n) is 6.14. The lowest BCUT2D eigenvalue weighted by atomic mass is 9.04. The van der Waals surface area contributed by atoms with E-state index in [1.54, 1.807) is 0 Å². The molecule has 0 bridgehead atoms. The Labute approximate surface area is 115 Å². The lowest BCUT2D eigenvalue weighted by Gasteiger charge is -2.41. The van der Waals surface area contributed by atoms with E-state index in [-0.39, 0.29) is 0 Å². The van der Waals surface area contributed by atoms with E-state index in [0.29, 0.717) is 20.4 Å². The average Bonchev–Trinajstić information content (AvgIpc) is 2.13. The van der Waals surface area contributed by atoms with Crippen molar-refractivity contribution in [3.05, 3.63) is 0 Å². The Balaban J connectivity index is 5.37. The van der Waals surface area contributed by atoms with Crippen molar-refractivity contribution in [3.63, 3.8) is 0 Å². The fourth-order valence-electron chi connectivity index (χ4n) is 2.83. The maximum absolute atomic E-state index is 2.31. The maximum atomic E-state index is 2.31. The van der Waals surface area contributed by atoms with Crippen molar-refractivity contribution in [1.29, 1.82) is 0 Å². The Morgan fingerprint density at radius 1 is 0.389 bits per heavy atom. The monoisotopic (exact) mass is 253 g/mol. The van der Waals surface area contributed by atoms with E-state index in [4.69, 9.17) is 0 Å². The highest BCUT2D eigenvalue weighted by molar-refractivity contribution is 7.46. The van der Waals surface area contributed by atoms with Crippen LogP contribution in [0.25, 0.3) is 0 Å². The quantitative estimate of drug-likeness (QED) is 0.535.